The highest BCUT2D eigenvalue weighted by atomic mass is 16.6. The minimum Gasteiger partial charge on any atom is -0.486 e. The number of fused-ring (bicyclic) bond motifs is 1. The molecule has 2 amide bonds. The fourth-order valence-corrected chi connectivity index (χ4v) is 2.52. The SMILES string of the molecule is O=C(NCC(=O)N1CCCC1)c1ccc2c(c1)OCCO2. The number of ether oxygens (including phenoxy) is 2. The summed E-state index contributed by atoms with van der Waals surface area (Å²) in [5, 5.41) is 2.66. The molecule has 112 valence electrons. The molecule has 6 nitrogen and oxygen atoms in total. The van der Waals surface area contributed by atoms with E-state index in [2.05, 4.69) is 5.32 Å². The van der Waals surface area contributed by atoms with Crippen molar-refractivity contribution in [3.05, 3.63) is 23.8 Å². The second-order valence-electron chi connectivity index (χ2n) is 5.13. The van der Waals surface area contributed by atoms with E-state index in [1.165, 1.54) is 0 Å². The highest BCUT2D eigenvalue weighted by Gasteiger charge is 2.19. The number of nitrogens with one attached hydrogen (secondary N) is 1. The Morgan fingerprint density at radius 2 is 1.81 bits per heavy atom. The van der Waals surface area contributed by atoms with Crippen molar-refractivity contribution in [2.75, 3.05) is 32.8 Å². The van der Waals surface area contributed by atoms with Gasteiger partial charge in [0.1, 0.15) is 13.2 Å². The van der Waals surface area contributed by atoms with Crippen molar-refractivity contribution in [1.82, 2.24) is 10.2 Å². The second-order valence-corrected chi connectivity index (χ2v) is 5.13. The lowest BCUT2D eigenvalue weighted by atomic mass is 10.2. The maximum atomic E-state index is 12.1. The van der Waals surface area contributed by atoms with Crippen LogP contribution in [0.15, 0.2) is 18.2 Å². The quantitative estimate of drug-likeness (QED) is 0.894. The Hall–Kier alpha value is -2.24. The number of nitrogens with zero attached hydrogens (tertiary/aromatic N) is 1. The topological polar surface area (TPSA) is 67.9 Å². The Labute approximate surface area is 123 Å². The standard InChI is InChI=1S/C15H18N2O4/c18-14(17-5-1-2-6-17)10-16-15(19)11-3-4-12-13(9-11)21-8-7-20-12/h3-4,9H,1-2,5-8,10H2,(H,16,19). The molecule has 21 heavy (non-hydrogen) atoms. The molecular weight excluding hydrogens is 272 g/mol. The zero-order valence-electron chi connectivity index (χ0n) is 11.8. The number of carbonyl (C=O) groups excluding carboxylic acids is 2. The number of rotatable bonds is 3. The summed E-state index contributed by atoms with van der Waals surface area (Å²) in [7, 11) is 0. The number of carbonyl (C=O) groups is 2. The van der Waals surface area contributed by atoms with E-state index in [4.69, 9.17) is 9.47 Å². The second kappa shape index (κ2) is 6.03. The van der Waals surface area contributed by atoms with Crippen LogP contribution in [0.2, 0.25) is 0 Å². The van der Waals surface area contributed by atoms with Crippen LogP contribution in [0, 0.1) is 0 Å². The van der Waals surface area contributed by atoms with Crippen LogP contribution in [-0.4, -0.2) is 49.6 Å². The minimum absolute atomic E-state index is 0.0293. The summed E-state index contributed by atoms with van der Waals surface area (Å²) in [4.78, 5) is 25.7. The Balaban J connectivity index is 1.58. The van der Waals surface area contributed by atoms with Crippen LogP contribution < -0.4 is 14.8 Å². The van der Waals surface area contributed by atoms with Crippen LogP contribution in [-0.2, 0) is 4.79 Å². The van der Waals surface area contributed by atoms with Crippen LogP contribution in [0.4, 0.5) is 0 Å². The number of hydrogen-bond acceptors (Lipinski definition) is 4. The highest BCUT2D eigenvalue weighted by molar-refractivity contribution is 5.97. The maximum absolute atomic E-state index is 12.1. The van der Waals surface area contributed by atoms with Crippen molar-refractivity contribution < 1.29 is 19.1 Å². The van der Waals surface area contributed by atoms with E-state index >= 15 is 0 Å². The first-order valence-corrected chi connectivity index (χ1v) is 7.20. The van der Waals surface area contributed by atoms with Gasteiger partial charge in [-0.2, -0.15) is 0 Å². The summed E-state index contributed by atoms with van der Waals surface area (Å²) < 4.78 is 10.8. The van der Waals surface area contributed by atoms with Crippen LogP contribution in [0.1, 0.15) is 23.2 Å². The molecule has 2 aliphatic rings. The molecule has 2 heterocycles. The van der Waals surface area contributed by atoms with Crippen LogP contribution in [0.3, 0.4) is 0 Å². The van der Waals surface area contributed by atoms with Crippen LogP contribution >= 0.6 is 0 Å². The molecule has 0 atom stereocenters. The number of benzene rings is 1. The van der Waals surface area contributed by atoms with Gasteiger partial charge in [0, 0.05) is 18.7 Å². The molecule has 0 radical (unpaired) electrons. The van der Waals surface area contributed by atoms with E-state index in [1.54, 1.807) is 23.1 Å². The van der Waals surface area contributed by atoms with Crippen molar-refractivity contribution in [3.8, 4) is 11.5 Å². The van der Waals surface area contributed by atoms with E-state index in [0.29, 0.717) is 30.3 Å². The van der Waals surface area contributed by atoms with Crippen molar-refractivity contribution in [2.45, 2.75) is 12.8 Å². The summed E-state index contributed by atoms with van der Waals surface area (Å²) in [5.41, 5.74) is 0.466. The summed E-state index contributed by atoms with van der Waals surface area (Å²) in [5.74, 6) is 0.906. The molecule has 0 saturated carbocycles. The molecule has 1 aromatic carbocycles. The largest absolute Gasteiger partial charge is 0.486 e. The highest BCUT2D eigenvalue weighted by Crippen LogP contribution is 2.30. The average Bonchev–Trinajstić information content (AvgIpc) is 3.06. The predicted octanol–water partition coefficient (Wildman–Crippen LogP) is 0.810. The molecule has 0 aliphatic carbocycles. The van der Waals surface area contributed by atoms with Gasteiger partial charge in [-0.15, -0.1) is 0 Å². The number of hydrogen-bond donors (Lipinski definition) is 1. The normalized spacial score (nSPS) is 16.7. The lowest BCUT2D eigenvalue weighted by molar-refractivity contribution is -0.129. The van der Waals surface area contributed by atoms with Gasteiger partial charge in [0.15, 0.2) is 11.5 Å². The number of likely N-dealkylation sites (tertiary alicyclic amines) is 1. The monoisotopic (exact) mass is 290 g/mol. The summed E-state index contributed by atoms with van der Waals surface area (Å²) in [6.07, 6.45) is 2.09. The van der Waals surface area contributed by atoms with Crippen LogP contribution in [0.5, 0.6) is 11.5 Å². The van der Waals surface area contributed by atoms with E-state index in [1.807, 2.05) is 0 Å². The fourth-order valence-electron chi connectivity index (χ4n) is 2.52. The van der Waals surface area contributed by atoms with E-state index in [-0.39, 0.29) is 18.4 Å². The summed E-state index contributed by atoms with van der Waals surface area (Å²) >= 11 is 0. The van der Waals surface area contributed by atoms with Gasteiger partial charge in [0.2, 0.25) is 5.91 Å². The Bertz CT molecular complexity index is 553. The summed E-state index contributed by atoms with van der Waals surface area (Å²) in [6, 6.07) is 5.03. The van der Waals surface area contributed by atoms with E-state index in [0.717, 1.165) is 25.9 Å². The molecule has 2 aliphatic heterocycles. The Kier molecular flexibility index (Phi) is 3.94. The molecule has 3 rings (SSSR count). The smallest absolute Gasteiger partial charge is 0.251 e. The molecule has 1 saturated heterocycles. The fraction of sp³-hybridized carbons (Fsp3) is 0.467. The molecule has 0 unspecified atom stereocenters. The molecule has 1 N–H and O–H groups in total. The van der Waals surface area contributed by atoms with Gasteiger partial charge in [-0.1, -0.05) is 0 Å². The molecule has 0 bridgehead atoms. The zero-order chi connectivity index (χ0) is 14.7. The van der Waals surface area contributed by atoms with Crippen LogP contribution in [0.25, 0.3) is 0 Å². The van der Waals surface area contributed by atoms with E-state index < -0.39 is 0 Å². The third-order valence-electron chi connectivity index (χ3n) is 3.66. The van der Waals surface area contributed by atoms with Crippen molar-refractivity contribution in [1.29, 1.82) is 0 Å². The van der Waals surface area contributed by atoms with Crippen molar-refractivity contribution >= 4 is 11.8 Å². The third-order valence-corrected chi connectivity index (χ3v) is 3.66. The van der Waals surface area contributed by atoms with Crippen molar-refractivity contribution in [3.63, 3.8) is 0 Å². The lowest BCUT2D eigenvalue weighted by Gasteiger charge is -2.19. The van der Waals surface area contributed by atoms with Gasteiger partial charge < -0.3 is 19.7 Å². The molecule has 1 fully saturated rings. The first kappa shape index (κ1) is 13.7. The molecule has 0 spiro atoms. The lowest BCUT2D eigenvalue weighted by Crippen LogP contribution is -2.38. The first-order chi connectivity index (χ1) is 10.2. The predicted molar refractivity (Wildman–Crippen MR) is 75.6 cm³/mol. The summed E-state index contributed by atoms with van der Waals surface area (Å²) in [6.45, 7) is 2.61. The molecular formula is C15H18N2O4. The van der Waals surface area contributed by atoms with Gasteiger partial charge in [0.05, 0.1) is 6.54 Å². The maximum Gasteiger partial charge on any atom is 0.251 e. The van der Waals surface area contributed by atoms with Gasteiger partial charge in [-0.05, 0) is 31.0 Å². The van der Waals surface area contributed by atoms with E-state index in [9.17, 15) is 9.59 Å². The van der Waals surface area contributed by atoms with Crippen molar-refractivity contribution in [2.24, 2.45) is 0 Å². The third kappa shape index (κ3) is 3.09. The molecule has 6 heteroatoms. The van der Waals surface area contributed by atoms with Gasteiger partial charge in [-0.25, -0.2) is 0 Å². The van der Waals surface area contributed by atoms with Gasteiger partial charge in [-0.3, -0.25) is 9.59 Å². The molecule has 0 aromatic heterocycles. The van der Waals surface area contributed by atoms with Gasteiger partial charge in [0.25, 0.3) is 5.91 Å². The zero-order valence-corrected chi connectivity index (χ0v) is 11.8. The first-order valence-electron chi connectivity index (χ1n) is 7.20. The molecule has 1 aromatic rings. The van der Waals surface area contributed by atoms with Gasteiger partial charge >= 0.3 is 0 Å². The Morgan fingerprint density at radius 3 is 2.57 bits per heavy atom. The Morgan fingerprint density at radius 1 is 1.10 bits per heavy atom. The average molecular weight is 290 g/mol. The minimum atomic E-state index is -0.278. The number of amides is 2.